The number of carbonyl (C=O) groups excluding carboxylic acids is 2. The number of rotatable bonds is 5. The van der Waals surface area contributed by atoms with Crippen molar-refractivity contribution in [1.29, 1.82) is 0 Å². The van der Waals surface area contributed by atoms with E-state index in [0.717, 1.165) is 31.2 Å². The van der Waals surface area contributed by atoms with Crippen LogP contribution in [-0.2, 0) is 4.79 Å². The molecule has 3 atom stereocenters. The summed E-state index contributed by atoms with van der Waals surface area (Å²) in [5.74, 6) is 0.545. The standard InChI is InChI=1S/C22H29N5O3/c1-23-20(28)15-12-17(21-26-19(27-30-21)14-8-4-2-5-9-14)18(13-15)25-22(29)24-16-10-6-3-7-11-16/h2,4-5,8-9,15-18H,3,6-7,10-13H2,1H3,(H,23,28)(H2,24,25,29)/t15-,17-,18+/m1/s1. The Balaban J connectivity index is 1.48. The SMILES string of the molecule is CNC(=O)[C@H]1C[C@H](NC(=O)NC2CCCCC2)[C@H](c2nc(-c3ccccc3)no2)C1. The number of benzene rings is 1. The third-order valence-electron chi connectivity index (χ3n) is 6.23. The van der Waals surface area contributed by atoms with Crippen molar-refractivity contribution in [3.8, 4) is 11.4 Å². The van der Waals surface area contributed by atoms with Crippen molar-refractivity contribution in [2.75, 3.05) is 7.05 Å². The van der Waals surface area contributed by atoms with Crippen molar-refractivity contribution in [3.05, 3.63) is 36.2 Å². The third kappa shape index (κ3) is 4.63. The zero-order chi connectivity index (χ0) is 20.9. The van der Waals surface area contributed by atoms with E-state index in [9.17, 15) is 9.59 Å². The molecular weight excluding hydrogens is 382 g/mol. The zero-order valence-electron chi connectivity index (χ0n) is 17.3. The minimum Gasteiger partial charge on any atom is -0.359 e. The summed E-state index contributed by atoms with van der Waals surface area (Å²) in [6.45, 7) is 0. The molecule has 1 aromatic heterocycles. The lowest BCUT2D eigenvalue weighted by molar-refractivity contribution is -0.124. The summed E-state index contributed by atoms with van der Waals surface area (Å²) in [5.41, 5.74) is 0.868. The van der Waals surface area contributed by atoms with Crippen LogP contribution in [0.1, 0.15) is 56.8 Å². The van der Waals surface area contributed by atoms with E-state index in [2.05, 4.69) is 26.1 Å². The molecule has 8 heteroatoms. The molecule has 2 fully saturated rings. The van der Waals surface area contributed by atoms with E-state index in [1.807, 2.05) is 30.3 Å². The van der Waals surface area contributed by atoms with Crippen molar-refractivity contribution in [2.45, 2.75) is 62.9 Å². The fourth-order valence-corrected chi connectivity index (χ4v) is 4.62. The van der Waals surface area contributed by atoms with Crippen LogP contribution in [-0.4, -0.2) is 41.2 Å². The Morgan fingerprint density at radius 1 is 1.03 bits per heavy atom. The summed E-state index contributed by atoms with van der Waals surface area (Å²) >= 11 is 0. The van der Waals surface area contributed by atoms with Crippen LogP contribution in [0.5, 0.6) is 0 Å². The number of carbonyl (C=O) groups is 2. The predicted octanol–water partition coefficient (Wildman–Crippen LogP) is 2.98. The summed E-state index contributed by atoms with van der Waals surface area (Å²) in [4.78, 5) is 29.5. The first-order valence-electron chi connectivity index (χ1n) is 10.8. The van der Waals surface area contributed by atoms with Crippen LogP contribution < -0.4 is 16.0 Å². The lowest BCUT2D eigenvalue weighted by Crippen LogP contribution is -2.47. The number of urea groups is 1. The van der Waals surface area contributed by atoms with Crippen molar-refractivity contribution in [3.63, 3.8) is 0 Å². The van der Waals surface area contributed by atoms with Crippen molar-refractivity contribution < 1.29 is 14.1 Å². The van der Waals surface area contributed by atoms with Gasteiger partial charge in [-0.2, -0.15) is 4.98 Å². The van der Waals surface area contributed by atoms with E-state index in [1.165, 1.54) is 6.42 Å². The molecule has 0 spiro atoms. The average molecular weight is 412 g/mol. The highest BCUT2D eigenvalue weighted by molar-refractivity contribution is 5.79. The Morgan fingerprint density at radius 3 is 2.53 bits per heavy atom. The van der Waals surface area contributed by atoms with E-state index >= 15 is 0 Å². The van der Waals surface area contributed by atoms with Crippen molar-refractivity contribution in [2.24, 2.45) is 5.92 Å². The highest BCUT2D eigenvalue weighted by Gasteiger charge is 2.42. The molecule has 2 aliphatic rings. The summed E-state index contributed by atoms with van der Waals surface area (Å²) < 4.78 is 5.56. The van der Waals surface area contributed by atoms with Gasteiger partial charge in [-0.3, -0.25) is 4.79 Å². The molecule has 0 aliphatic heterocycles. The Morgan fingerprint density at radius 2 is 1.80 bits per heavy atom. The van der Waals surface area contributed by atoms with Crippen LogP contribution in [0, 0.1) is 5.92 Å². The fraction of sp³-hybridized carbons (Fsp3) is 0.545. The lowest BCUT2D eigenvalue weighted by Gasteiger charge is -2.25. The topological polar surface area (TPSA) is 109 Å². The van der Waals surface area contributed by atoms with Gasteiger partial charge in [0.05, 0.1) is 5.92 Å². The predicted molar refractivity (Wildman–Crippen MR) is 112 cm³/mol. The monoisotopic (exact) mass is 411 g/mol. The Labute approximate surface area is 176 Å². The first-order valence-corrected chi connectivity index (χ1v) is 10.8. The Kier molecular flexibility index (Phi) is 6.30. The van der Waals surface area contributed by atoms with E-state index in [0.29, 0.717) is 24.6 Å². The molecule has 3 amide bonds. The minimum absolute atomic E-state index is 0.0280. The molecule has 3 N–H and O–H groups in total. The van der Waals surface area contributed by atoms with Gasteiger partial charge in [-0.1, -0.05) is 54.8 Å². The van der Waals surface area contributed by atoms with Gasteiger partial charge >= 0.3 is 6.03 Å². The fourth-order valence-electron chi connectivity index (χ4n) is 4.62. The Bertz CT molecular complexity index is 863. The maximum Gasteiger partial charge on any atom is 0.315 e. The molecule has 4 rings (SSSR count). The number of amides is 3. The molecule has 2 aliphatic carbocycles. The molecule has 1 heterocycles. The first-order chi connectivity index (χ1) is 14.6. The highest BCUT2D eigenvalue weighted by Crippen LogP contribution is 2.38. The summed E-state index contributed by atoms with van der Waals surface area (Å²) in [6.07, 6.45) is 6.69. The van der Waals surface area contributed by atoms with Crippen LogP contribution in [0.3, 0.4) is 0 Å². The van der Waals surface area contributed by atoms with Gasteiger partial charge in [0.2, 0.25) is 17.6 Å². The molecule has 2 saturated carbocycles. The molecular formula is C22H29N5O3. The molecule has 2 aromatic rings. The van der Waals surface area contributed by atoms with Gasteiger partial charge in [0.15, 0.2) is 0 Å². The van der Waals surface area contributed by atoms with E-state index in [-0.39, 0.29) is 35.9 Å². The largest absolute Gasteiger partial charge is 0.359 e. The summed E-state index contributed by atoms with van der Waals surface area (Å²) in [6, 6.07) is 9.41. The normalized spacial score (nSPS) is 24.4. The molecule has 0 saturated heterocycles. The van der Waals surface area contributed by atoms with Gasteiger partial charge in [0.25, 0.3) is 0 Å². The van der Waals surface area contributed by atoms with Gasteiger partial charge in [0.1, 0.15) is 0 Å². The summed E-state index contributed by atoms with van der Waals surface area (Å²) in [7, 11) is 1.63. The Hall–Kier alpha value is -2.90. The maximum absolute atomic E-state index is 12.6. The van der Waals surface area contributed by atoms with Crippen LogP contribution in [0.25, 0.3) is 11.4 Å². The molecule has 0 bridgehead atoms. The smallest absolute Gasteiger partial charge is 0.315 e. The first kappa shape index (κ1) is 20.4. The second-order valence-corrected chi connectivity index (χ2v) is 8.27. The number of hydrogen-bond donors (Lipinski definition) is 3. The van der Waals surface area contributed by atoms with Gasteiger partial charge in [0, 0.05) is 30.6 Å². The minimum atomic E-state index is -0.236. The zero-order valence-corrected chi connectivity index (χ0v) is 17.3. The van der Waals surface area contributed by atoms with Gasteiger partial charge in [-0.15, -0.1) is 0 Å². The van der Waals surface area contributed by atoms with Crippen LogP contribution >= 0.6 is 0 Å². The van der Waals surface area contributed by atoms with Crippen LogP contribution in [0.4, 0.5) is 4.79 Å². The van der Waals surface area contributed by atoms with Crippen LogP contribution in [0.15, 0.2) is 34.9 Å². The van der Waals surface area contributed by atoms with Crippen molar-refractivity contribution >= 4 is 11.9 Å². The molecule has 30 heavy (non-hydrogen) atoms. The third-order valence-corrected chi connectivity index (χ3v) is 6.23. The van der Waals surface area contributed by atoms with Crippen LogP contribution in [0.2, 0.25) is 0 Å². The lowest BCUT2D eigenvalue weighted by atomic mass is 9.96. The van der Waals surface area contributed by atoms with Gasteiger partial charge in [-0.05, 0) is 25.7 Å². The quantitative estimate of drug-likeness (QED) is 0.701. The van der Waals surface area contributed by atoms with Gasteiger partial charge in [-0.25, -0.2) is 4.79 Å². The molecule has 0 unspecified atom stereocenters. The molecule has 8 nitrogen and oxygen atoms in total. The van der Waals surface area contributed by atoms with Crippen molar-refractivity contribution in [1.82, 2.24) is 26.1 Å². The second kappa shape index (κ2) is 9.28. The average Bonchev–Trinajstić information content (AvgIpc) is 3.42. The number of aromatic nitrogens is 2. The van der Waals surface area contributed by atoms with Gasteiger partial charge < -0.3 is 20.5 Å². The molecule has 1 aromatic carbocycles. The second-order valence-electron chi connectivity index (χ2n) is 8.27. The molecule has 160 valence electrons. The number of hydrogen-bond acceptors (Lipinski definition) is 5. The number of nitrogens with one attached hydrogen (secondary N) is 3. The summed E-state index contributed by atoms with van der Waals surface area (Å²) in [5, 5.41) is 13.0. The number of nitrogens with zero attached hydrogens (tertiary/aromatic N) is 2. The van der Waals surface area contributed by atoms with E-state index in [1.54, 1.807) is 7.05 Å². The maximum atomic E-state index is 12.6. The molecule has 0 radical (unpaired) electrons. The van der Waals surface area contributed by atoms with E-state index in [4.69, 9.17) is 4.52 Å². The highest BCUT2D eigenvalue weighted by atomic mass is 16.5. The van der Waals surface area contributed by atoms with E-state index < -0.39 is 0 Å².